The van der Waals surface area contributed by atoms with Crippen molar-refractivity contribution in [1.82, 2.24) is 26.6 Å². The molecule has 0 bridgehead atoms. The summed E-state index contributed by atoms with van der Waals surface area (Å²) in [6.07, 6.45) is -0.821. The number of hydrogen-bond donors (Lipinski definition) is 11. The van der Waals surface area contributed by atoms with Crippen molar-refractivity contribution in [3.8, 4) is 0 Å². The van der Waals surface area contributed by atoms with E-state index in [1.165, 1.54) is 0 Å². The molecule has 1 aromatic rings. The Morgan fingerprint density at radius 3 is 1.60 bits per heavy atom. The van der Waals surface area contributed by atoms with Crippen LogP contribution in [0.2, 0.25) is 0 Å². The van der Waals surface area contributed by atoms with E-state index in [1.54, 1.807) is 44.2 Å². The summed E-state index contributed by atoms with van der Waals surface area (Å²) in [5, 5.41) is 40.5. The summed E-state index contributed by atoms with van der Waals surface area (Å²) in [6, 6.07) is 0.0458. The molecule has 0 unspecified atom stereocenters. The first-order chi connectivity index (χ1) is 25.0. The summed E-state index contributed by atoms with van der Waals surface area (Å²) in [4.78, 5) is 102. The first-order valence-corrected chi connectivity index (χ1v) is 17.3. The molecule has 0 aliphatic carbocycles. The average molecular weight is 751 g/mol. The number of benzene rings is 1. The van der Waals surface area contributed by atoms with Gasteiger partial charge in [0.2, 0.25) is 35.4 Å². The molecule has 0 fully saturated rings. The first-order valence-electron chi connectivity index (χ1n) is 17.3. The summed E-state index contributed by atoms with van der Waals surface area (Å²) >= 11 is 0. The molecular formula is C34H54N8O11. The van der Waals surface area contributed by atoms with Crippen molar-refractivity contribution in [3.63, 3.8) is 0 Å². The van der Waals surface area contributed by atoms with E-state index in [0.717, 1.165) is 0 Å². The van der Waals surface area contributed by atoms with E-state index >= 15 is 0 Å². The van der Waals surface area contributed by atoms with Crippen molar-refractivity contribution in [3.05, 3.63) is 35.9 Å². The molecule has 0 aliphatic rings. The molecule has 19 heteroatoms. The number of carbonyl (C=O) groups is 8. The average Bonchev–Trinajstić information content (AvgIpc) is 3.09. The molecule has 53 heavy (non-hydrogen) atoms. The van der Waals surface area contributed by atoms with Gasteiger partial charge in [-0.25, -0.2) is 4.79 Å². The van der Waals surface area contributed by atoms with Crippen molar-refractivity contribution in [2.24, 2.45) is 23.1 Å². The lowest BCUT2D eigenvalue weighted by Crippen LogP contribution is -2.60. The Balaban J connectivity index is 3.43. The smallest absolute Gasteiger partial charge is 0.326 e. The number of nitrogens with two attached hydrogens (primary N) is 3. The van der Waals surface area contributed by atoms with Gasteiger partial charge in [0.15, 0.2) is 0 Å². The number of carbonyl (C=O) groups excluding carboxylic acids is 6. The maximum atomic E-state index is 13.8. The largest absolute Gasteiger partial charge is 0.481 e. The molecule has 14 N–H and O–H groups in total. The minimum atomic E-state index is -1.54. The number of aliphatic hydroxyl groups excluding tert-OH is 1. The predicted molar refractivity (Wildman–Crippen MR) is 190 cm³/mol. The number of rotatable bonds is 26. The van der Waals surface area contributed by atoms with Crippen molar-refractivity contribution >= 4 is 47.4 Å². The van der Waals surface area contributed by atoms with Gasteiger partial charge < -0.3 is 59.1 Å². The number of aliphatic carboxylic acids is 2. The summed E-state index contributed by atoms with van der Waals surface area (Å²) in [5.41, 5.74) is 17.0. The first kappa shape index (κ1) is 45.9. The van der Waals surface area contributed by atoms with Crippen LogP contribution in [0.5, 0.6) is 0 Å². The Morgan fingerprint density at radius 2 is 1.13 bits per heavy atom. The molecule has 1 rings (SSSR count). The second kappa shape index (κ2) is 24.2. The van der Waals surface area contributed by atoms with E-state index in [0.29, 0.717) is 18.4 Å². The van der Waals surface area contributed by atoms with E-state index in [2.05, 4.69) is 26.6 Å². The molecule has 0 radical (unpaired) electrons. The van der Waals surface area contributed by atoms with Crippen LogP contribution in [0.25, 0.3) is 0 Å². The van der Waals surface area contributed by atoms with Crippen LogP contribution in [-0.2, 0) is 44.8 Å². The number of hydrogen-bond acceptors (Lipinski definition) is 11. The zero-order chi connectivity index (χ0) is 40.1. The molecular weight excluding hydrogens is 696 g/mol. The number of amides is 6. The van der Waals surface area contributed by atoms with Crippen LogP contribution in [-0.4, -0.2) is 112 Å². The van der Waals surface area contributed by atoms with Crippen LogP contribution in [0.15, 0.2) is 30.3 Å². The fourth-order valence-electron chi connectivity index (χ4n) is 5.06. The molecule has 6 atom stereocenters. The van der Waals surface area contributed by atoms with E-state index in [1.807, 2.05) is 0 Å². The number of carboxylic acids is 2. The molecule has 296 valence electrons. The SMILES string of the molecule is CC(C)C[C@H](NC(=O)[C@H](CCC(N)=O)NC(=O)[C@H](Cc1ccccc1)NC(=O)[C@H](CCC(=O)O)NC(=O)[C@H](CCCCN)NC(=O)[C@@H](N)CO)C(=O)O. The highest BCUT2D eigenvalue weighted by atomic mass is 16.4. The number of carboxylic acid groups (broad SMARTS) is 2. The lowest BCUT2D eigenvalue weighted by molar-refractivity contribution is -0.143. The second-order valence-corrected chi connectivity index (χ2v) is 13.0. The molecule has 0 spiro atoms. The summed E-state index contributed by atoms with van der Waals surface area (Å²) in [5.74, 6) is -8.04. The Morgan fingerprint density at radius 1 is 0.660 bits per heavy atom. The van der Waals surface area contributed by atoms with Gasteiger partial charge in [0.05, 0.1) is 6.61 Å². The highest BCUT2D eigenvalue weighted by Gasteiger charge is 2.33. The number of aliphatic hydroxyl groups is 1. The Bertz CT molecular complexity index is 1400. The zero-order valence-electron chi connectivity index (χ0n) is 30.0. The van der Waals surface area contributed by atoms with Gasteiger partial charge in [-0.05, 0) is 56.6 Å². The fourth-order valence-corrected chi connectivity index (χ4v) is 5.06. The molecule has 0 heterocycles. The molecule has 0 saturated heterocycles. The van der Waals surface area contributed by atoms with Crippen LogP contribution in [0.4, 0.5) is 0 Å². The molecule has 19 nitrogen and oxygen atoms in total. The molecule has 1 aromatic carbocycles. The normalized spacial score (nSPS) is 14.4. The van der Waals surface area contributed by atoms with Crippen molar-refractivity contribution in [2.45, 2.75) is 108 Å². The standard InChI is InChI=1S/C34H54N8O11/c1-19(2)16-26(34(52)53)42-32(50)23(11-13-27(37)44)40-33(51)25(17-20-8-4-3-5-9-20)41-31(49)24(12-14-28(45)46)39-30(48)22(10-6-7-15-35)38-29(47)21(36)18-43/h3-5,8-9,19,21-26,43H,6-7,10-18,35-36H2,1-2H3,(H2,37,44)(H,38,47)(H,39,48)(H,40,51)(H,41,49)(H,42,50)(H,45,46)(H,52,53)/t21-,22-,23-,24-,25-,26-/m0/s1. The summed E-state index contributed by atoms with van der Waals surface area (Å²) in [6.45, 7) is 3.08. The van der Waals surface area contributed by atoms with Crippen molar-refractivity contribution < 1.29 is 53.7 Å². The molecule has 6 amide bonds. The highest BCUT2D eigenvalue weighted by Crippen LogP contribution is 2.10. The van der Waals surface area contributed by atoms with Gasteiger partial charge in [-0.1, -0.05) is 44.2 Å². The Kier molecular flexibility index (Phi) is 20.9. The van der Waals surface area contributed by atoms with Gasteiger partial charge in [0, 0.05) is 19.3 Å². The third-order valence-electron chi connectivity index (χ3n) is 7.94. The Hall–Kier alpha value is -5.14. The second-order valence-electron chi connectivity index (χ2n) is 13.0. The lowest BCUT2D eigenvalue weighted by atomic mass is 10.0. The lowest BCUT2D eigenvalue weighted by Gasteiger charge is -2.27. The minimum absolute atomic E-state index is 0.0634. The topological polar surface area (TPSA) is 335 Å². The maximum absolute atomic E-state index is 13.8. The quantitative estimate of drug-likeness (QED) is 0.0432. The van der Waals surface area contributed by atoms with Gasteiger partial charge in [-0.2, -0.15) is 0 Å². The van der Waals surface area contributed by atoms with Crippen LogP contribution < -0.4 is 43.8 Å². The summed E-state index contributed by atoms with van der Waals surface area (Å²) < 4.78 is 0. The summed E-state index contributed by atoms with van der Waals surface area (Å²) in [7, 11) is 0. The van der Waals surface area contributed by atoms with Gasteiger partial charge in [-0.15, -0.1) is 0 Å². The van der Waals surface area contributed by atoms with E-state index < -0.39 is 103 Å². The third kappa shape index (κ3) is 18.3. The van der Waals surface area contributed by atoms with Gasteiger partial charge in [0.25, 0.3) is 0 Å². The predicted octanol–water partition coefficient (Wildman–Crippen LogP) is -2.64. The van der Waals surface area contributed by atoms with Crippen LogP contribution >= 0.6 is 0 Å². The zero-order valence-corrected chi connectivity index (χ0v) is 30.0. The van der Waals surface area contributed by atoms with Gasteiger partial charge in [0.1, 0.15) is 36.3 Å². The van der Waals surface area contributed by atoms with E-state index in [4.69, 9.17) is 17.2 Å². The van der Waals surface area contributed by atoms with Gasteiger partial charge in [-0.3, -0.25) is 33.6 Å². The molecule has 0 aromatic heterocycles. The van der Waals surface area contributed by atoms with Crippen molar-refractivity contribution in [2.75, 3.05) is 13.2 Å². The Labute approximate surface area is 307 Å². The minimum Gasteiger partial charge on any atom is -0.481 e. The number of primary amides is 1. The molecule has 0 saturated carbocycles. The van der Waals surface area contributed by atoms with Crippen LogP contribution in [0.3, 0.4) is 0 Å². The van der Waals surface area contributed by atoms with E-state index in [9.17, 15) is 53.7 Å². The van der Waals surface area contributed by atoms with Crippen molar-refractivity contribution in [1.29, 1.82) is 0 Å². The van der Waals surface area contributed by atoms with Gasteiger partial charge >= 0.3 is 11.9 Å². The van der Waals surface area contributed by atoms with E-state index in [-0.39, 0.29) is 44.6 Å². The number of nitrogens with one attached hydrogen (secondary N) is 5. The van der Waals surface area contributed by atoms with Crippen LogP contribution in [0.1, 0.15) is 70.8 Å². The third-order valence-corrected chi connectivity index (χ3v) is 7.94. The monoisotopic (exact) mass is 750 g/mol. The number of unbranched alkanes of at least 4 members (excludes halogenated alkanes) is 1. The van der Waals surface area contributed by atoms with Crippen LogP contribution in [0, 0.1) is 5.92 Å². The highest BCUT2D eigenvalue weighted by molar-refractivity contribution is 5.96. The fraction of sp³-hybridized carbons (Fsp3) is 0.588. The maximum Gasteiger partial charge on any atom is 0.326 e. The molecule has 0 aliphatic heterocycles.